The van der Waals surface area contributed by atoms with Crippen molar-refractivity contribution in [2.45, 2.75) is 13.3 Å². The van der Waals surface area contributed by atoms with Crippen molar-refractivity contribution >= 4 is 5.97 Å². The van der Waals surface area contributed by atoms with Crippen LogP contribution >= 0.6 is 0 Å². The summed E-state index contributed by atoms with van der Waals surface area (Å²) in [6.07, 6.45) is 1.77. The van der Waals surface area contributed by atoms with Crippen molar-refractivity contribution in [3.05, 3.63) is 6.42 Å². The molecule has 2 nitrogen and oxygen atoms in total. The van der Waals surface area contributed by atoms with E-state index in [9.17, 15) is 4.79 Å². The topological polar surface area (TPSA) is 37.3 Å². The fourth-order valence-electron chi connectivity index (χ4n) is 0.175. The van der Waals surface area contributed by atoms with E-state index >= 15 is 0 Å². The van der Waals surface area contributed by atoms with E-state index in [0.29, 0.717) is 0 Å². The third-order valence-electron chi connectivity index (χ3n) is 0.379. The van der Waals surface area contributed by atoms with Crippen molar-refractivity contribution in [3.63, 3.8) is 0 Å². The molecule has 1 radical (unpaired) electrons. The Kier molecular flexibility index (Phi) is 2.46. The van der Waals surface area contributed by atoms with Crippen LogP contribution < -0.4 is 0 Å². The molecule has 0 fully saturated rings. The molecule has 2 heteroatoms. The van der Waals surface area contributed by atoms with E-state index in [-0.39, 0.29) is 6.42 Å². The Labute approximate surface area is 36.8 Å². The number of hydrogen-bond donors (Lipinski definition) is 1. The number of rotatable bonds is 2. The zero-order valence-corrected chi connectivity index (χ0v) is 3.64. The molecule has 0 unspecified atom stereocenters. The number of aliphatic carboxylic acids is 1. The minimum absolute atomic E-state index is 0.167. The number of carboxylic acids is 1. The summed E-state index contributed by atoms with van der Waals surface area (Å²) in [5, 5.41) is 7.88. The van der Waals surface area contributed by atoms with Crippen LogP contribution in [0.5, 0.6) is 0 Å². The van der Waals surface area contributed by atoms with Crippen LogP contribution in [0.25, 0.3) is 0 Å². The summed E-state index contributed by atoms with van der Waals surface area (Å²) in [6.45, 7) is 1.72. The zero-order chi connectivity index (χ0) is 4.99. The first-order chi connectivity index (χ1) is 2.77. The van der Waals surface area contributed by atoms with Crippen molar-refractivity contribution < 1.29 is 9.90 Å². The largest absolute Gasteiger partial charge is 0.481 e. The van der Waals surface area contributed by atoms with E-state index in [0.717, 1.165) is 0 Å². The molecule has 0 aromatic rings. The molecule has 0 aliphatic heterocycles. The maximum atomic E-state index is 9.57. The summed E-state index contributed by atoms with van der Waals surface area (Å²) >= 11 is 0. The van der Waals surface area contributed by atoms with Crippen LogP contribution in [0.4, 0.5) is 0 Å². The molecule has 0 aromatic carbocycles. The fraction of sp³-hybridized carbons (Fsp3) is 0.500. The average Bonchev–Trinajstić information content (AvgIpc) is 1.35. The predicted molar refractivity (Wildman–Crippen MR) is 22.2 cm³/mol. The van der Waals surface area contributed by atoms with Crippen molar-refractivity contribution in [1.29, 1.82) is 0 Å². The first-order valence-electron chi connectivity index (χ1n) is 1.77. The molecular weight excluding hydrogens is 80.0 g/mol. The highest BCUT2D eigenvalue weighted by Gasteiger charge is 1.87. The molecule has 0 aliphatic carbocycles. The van der Waals surface area contributed by atoms with E-state index in [1.807, 2.05) is 0 Å². The predicted octanol–water partition coefficient (Wildman–Crippen LogP) is 0.685. The van der Waals surface area contributed by atoms with Gasteiger partial charge in [0, 0.05) is 6.42 Å². The second kappa shape index (κ2) is 2.69. The second-order valence-electron chi connectivity index (χ2n) is 1.01. The summed E-state index contributed by atoms with van der Waals surface area (Å²) in [4.78, 5) is 9.57. The molecule has 0 aliphatic rings. The van der Waals surface area contributed by atoms with Gasteiger partial charge in [0.05, 0.1) is 0 Å². The Balaban J connectivity index is 2.83. The van der Waals surface area contributed by atoms with Gasteiger partial charge in [-0.1, -0.05) is 6.92 Å². The molecule has 6 heavy (non-hydrogen) atoms. The monoisotopic (exact) mass is 87.0 g/mol. The van der Waals surface area contributed by atoms with Crippen LogP contribution in [0.15, 0.2) is 0 Å². The fourth-order valence-corrected chi connectivity index (χ4v) is 0.175. The molecule has 0 heterocycles. The summed E-state index contributed by atoms with van der Waals surface area (Å²) in [6, 6.07) is 0. The molecule has 1 N–H and O–H groups in total. The minimum Gasteiger partial charge on any atom is -0.481 e. The number of carbonyl (C=O) groups is 1. The lowest BCUT2D eigenvalue weighted by Gasteiger charge is -1.79. The third-order valence-corrected chi connectivity index (χ3v) is 0.379. The highest BCUT2D eigenvalue weighted by molar-refractivity contribution is 5.67. The summed E-state index contributed by atoms with van der Waals surface area (Å²) in [7, 11) is 0. The van der Waals surface area contributed by atoms with E-state index in [4.69, 9.17) is 5.11 Å². The molecule has 0 aromatic heterocycles. The van der Waals surface area contributed by atoms with Gasteiger partial charge in [-0.15, -0.1) is 0 Å². The molecule has 0 amide bonds. The van der Waals surface area contributed by atoms with Gasteiger partial charge in [-0.2, -0.15) is 0 Å². The van der Waals surface area contributed by atoms with Gasteiger partial charge in [0.2, 0.25) is 0 Å². The number of carboxylic acid groups (broad SMARTS) is 1. The molecule has 0 rings (SSSR count). The molecule has 0 spiro atoms. The van der Waals surface area contributed by atoms with Crippen molar-refractivity contribution in [2.75, 3.05) is 0 Å². The lowest BCUT2D eigenvalue weighted by atomic mass is 10.4. The van der Waals surface area contributed by atoms with Crippen LogP contribution in [-0.4, -0.2) is 11.1 Å². The third kappa shape index (κ3) is 3.47. The minimum atomic E-state index is -0.766. The first-order valence-corrected chi connectivity index (χ1v) is 1.77. The van der Waals surface area contributed by atoms with Gasteiger partial charge in [0.1, 0.15) is 0 Å². The van der Waals surface area contributed by atoms with E-state index in [2.05, 4.69) is 0 Å². The van der Waals surface area contributed by atoms with Crippen LogP contribution in [0.2, 0.25) is 0 Å². The Morgan fingerprint density at radius 1 is 2.00 bits per heavy atom. The van der Waals surface area contributed by atoms with Gasteiger partial charge in [0.25, 0.3) is 0 Å². The molecule has 0 bridgehead atoms. The van der Waals surface area contributed by atoms with Gasteiger partial charge in [-0.3, -0.25) is 4.79 Å². The molecular formula is C4H7O2. The highest BCUT2D eigenvalue weighted by atomic mass is 16.4. The van der Waals surface area contributed by atoms with Crippen molar-refractivity contribution in [3.8, 4) is 0 Å². The Morgan fingerprint density at radius 3 is 2.50 bits per heavy atom. The Morgan fingerprint density at radius 2 is 2.50 bits per heavy atom. The summed E-state index contributed by atoms with van der Waals surface area (Å²) in [5.74, 6) is -0.766. The highest BCUT2D eigenvalue weighted by Crippen LogP contribution is 1.80. The second-order valence-corrected chi connectivity index (χ2v) is 1.01. The molecule has 0 saturated carbocycles. The first kappa shape index (κ1) is 5.47. The zero-order valence-electron chi connectivity index (χ0n) is 3.64. The molecule has 35 valence electrons. The van der Waals surface area contributed by atoms with E-state index < -0.39 is 5.97 Å². The van der Waals surface area contributed by atoms with Gasteiger partial charge < -0.3 is 5.11 Å². The molecule has 0 saturated heterocycles. The standard InChI is InChI=1S/C4H7O2/c1-2-3-4(5)6/h2H,3H2,1H3,(H,5,6). The Bertz CT molecular complexity index is 49.5. The van der Waals surface area contributed by atoms with Crippen LogP contribution in [0.1, 0.15) is 13.3 Å². The van der Waals surface area contributed by atoms with Crippen molar-refractivity contribution in [1.82, 2.24) is 0 Å². The maximum Gasteiger partial charge on any atom is 0.303 e. The van der Waals surface area contributed by atoms with E-state index in [1.54, 1.807) is 13.3 Å². The Hall–Kier alpha value is -0.530. The van der Waals surface area contributed by atoms with Gasteiger partial charge >= 0.3 is 5.97 Å². The SMILES string of the molecule is C[CH]CC(=O)O. The summed E-state index contributed by atoms with van der Waals surface area (Å²) < 4.78 is 0. The average molecular weight is 87.1 g/mol. The lowest BCUT2D eigenvalue weighted by Crippen LogP contribution is -1.90. The normalized spacial score (nSPS) is 8.17. The number of hydrogen-bond acceptors (Lipinski definition) is 1. The summed E-state index contributed by atoms with van der Waals surface area (Å²) in [5.41, 5.74) is 0. The maximum absolute atomic E-state index is 9.57. The van der Waals surface area contributed by atoms with Gasteiger partial charge in [0.15, 0.2) is 0 Å². The van der Waals surface area contributed by atoms with Crippen LogP contribution in [-0.2, 0) is 4.79 Å². The quantitative estimate of drug-likeness (QED) is 0.537. The van der Waals surface area contributed by atoms with E-state index in [1.165, 1.54) is 0 Å². The van der Waals surface area contributed by atoms with Gasteiger partial charge in [-0.25, -0.2) is 0 Å². The smallest absolute Gasteiger partial charge is 0.303 e. The lowest BCUT2D eigenvalue weighted by molar-refractivity contribution is -0.136. The van der Waals surface area contributed by atoms with Crippen LogP contribution in [0, 0.1) is 6.42 Å². The van der Waals surface area contributed by atoms with Crippen LogP contribution in [0.3, 0.4) is 0 Å². The van der Waals surface area contributed by atoms with Crippen molar-refractivity contribution in [2.24, 2.45) is 0 Å². The van der Waals surface area contributed by atoms with Gasteiger partial charge in [-0.05, 0) is 6.42 Å². The molecule has 0 atom stereocenters.